The molecule has 0 bridgehead atoms. The van der Waals surface area contributed by atoms with Crippen LogP contribution < -0.4 is 5.73 Å². The molecule has 0 fully saturated rings. The third-order valence-electron chi connectivity index (χ3n) is 3.37. The molecule has 1 heterocycles. The summed E-state index contributed by atoms with van der Waals surface area (Å²) in [6, 6.07) is 11.6. The highest BCUT2D eigenvalue weighted by atomic mass is 79.9. The molecule has 108 valence electrons. The molecule has 21 heavy (non-hydrogen) atoms. The number of anilines is 1. The second kappa shape index (κ2) is 5.35. The van der Waals surface area contributed by atoms with Crippen molar-refractivity contribution in [1.29, 1.82) is 0 Å². The summed E-state index contributed by atoms with van der Waals surface area (Å²) >= 11 is 9.64. The molecule has 1 aromatic heterocycles. The zero-order valence-electron chi connectivity index (χ0n) is 11.8. The van der Waals surface area contributed by atoms with Crippen LogP contribution in [0.4, 0.5) is 5.69 Å². The molecule has 0 aliphatic heterocycles. The smallest absolute Gasteiger partial charge is 0.117 e. The second-order valence-corrected chi connectivity index (χ2v) is 6.59. The van der Waals surface area contributed by atoms with Crippen LogP contribution in [0.3, 0.4) is 0 Å². The van der Waals surface area contributed by atoms with Gasteiger partial charge in [0.2, 0.25) is 0 Å². The van der Waals surface area contributed by atoms with E-state index in [1.165, 1.54) is 0 Å². The third kappa shape index (κ3) is 2.54. The van der Waals surface area contributed by atoms with Crippen molar-refractivity contribution in [2.75, 3.05) is 5.73 Å². The fraction of sp³-hybridized carbons (Fsp3) is 0.188. The first-order chi connectivity index (χ1) is 9.97. The molecule has 3 nitrogen and oxygen atoms in total. The largest absolute Gasteiger partial charge is 0.399 e. The molecule has 0 aliphatic carbocycles. The lowest BCUT2D eigenvalue weighted by Crippen LogP contribution is -2.03. The Kier molecular flexibility index (Phi) is 3.68. The van der Waals surface area contributed by atoms with Gasteiger partial charge in [0.25, 0.3) is 0 Å². The number of hydrogen-bond donors (Lipinski definition) is 1. The summed E-state index contributed by atoms with van der Waals surface area (Å²) < 4.78 is 3.09. The van der Waals surface area contributed by atoms with E-state index in [0.717, 1.165) is 32.7 Å². The summed E-state index contributed by atoms with van der Waals surface area (Å²) in [5.41, 5.74) is 9.56. The number of halogens is 2. The molecule has 0 saturated heterocycles. The Bertz CT molecular complexity index is 824. The highest BCUT2D eigenvalue weighted by Gasteiger charge is 2.17. The number of aromatic nitrogens is 2. The zero-order chi connectivity index (χ0) is 15.1. The van der Waals surface area contributed by atoms with Crippen molar-refractivity contribution in [2.24, 2.45) is 0 Å². The van der Waals surface area contributed by atoms with E-state index < -0.39 is 0 Å². The lowest BCUT2D eigenvalue weighted by Gasteiger charge is -2.13. The van der Waals surface area contributed by atoms with E-state index in [1.54, 1.807) is 0 Å². The highest BCUT2D eigenvalue weighted by Crippen LogP contribution is 2.32. The van der Waals surface area contributed by atoms with Crippen molar-refractivity contribution >= 4 is 44.3 Å². The first kappa shape index (κ1) is 14.4. The van der Waals surface area contributed by atoms with Crippen LogP contribution in [-0.4, -0.2) is 9.55 Å². The van der Waals surface area contributed by atoms with Gasteiger partial charge in [-0.15, -0.1) is 0 Å². The molecule has 0 atom stereocenters. The van der Waals surface area contributed by atoms with Crippen molar-refractivity contribution < 1.29 is 0 Å². The Morgan fingerprint density at radius 3 is 2.62 bits per heavy atom. The number of fused-ring (bicyclic) bond motifs is 1. The van der Waals surface area contributed by atoms with Gasteiger partial charge in [0.15, 0.2) is 0 Å². The quantitative estimate of drug-likeness (QED) is 0.639. The molecule has 5 heteroatoms. The summed E-state index contributed by atoms with van der Waals surface area (Å²) in [6.07, 6.45) is 0. The van der Waals surface area contributed by atoms with E-state index in [9.17, 15) is 0 Å². The molecule has 0 saturated carbocycles. The minimum atomic E-state index is 0.293. The van der Waals surface area contributed by atoms with Gasteiger partial charge in [0.1, 0.15) is 5.82 Å². The van der Waals surface area contributed by atoms with Gasteiger partial charge in [-0.3, -0.25) is 4.57 Å². The first-order valence-electron chi connectivity index (χ1n) is 6.70. The van der Waals surface area contributed by atoms with E-state index >= 15 is 0 Å². The lowest BCUT2D eigenvalue weighted by molar-refractivity contribution is 0.759. The van der Waals surface area contributed by atoms with E-state index in [1.807, 2.05) is 36.4 Å². The van der Waals surface area contributed by atoms with Crippen LogP contribution in [0.25, 0.3) is 16.7 Å². The predicted octanol–water partition coefficient (Wildman–Crippen LogP) is 5.15. The molecular formula is C16H15BrClN3. The minimum absolute atomic E-state index is 0.293. The summed E-state index contributed by atoms with van der Waals surface area (Å²) in [6.45, 7) is 4.26. The fourth-order valence-electron chi connectivity index (χ4n) is 2.42. The Balaban J connectivity index is 2.36. The number of nitrogens with two attached hydrogens (primary N) is 1. The van der Waals surface area contributed by atoms with E-state index in [0.29, 0.717) is 10.9 Å². The van der Waals surface area contributed by atoms with Crippen molar-refractivity contribution in [3.63, 3.8) is 0 Å². The van der Waals surface area contributed by atoms with Crippen LogP contribution in [0.5, 0.6) is 0 Å². The maximum absolute atomic E-state index is 6.05. The Morgan fingerprint density at radius 2 is 1.95 bits per heavy atom. The number of hydrogen-bond acceptors (Lipinski definition) is 2. The van der Waals surface area contributed by atoms with Crippen LogP contribution in [0.2, 0.25) is 5.02 Å². The molecule has 3 rings (SSSR count). The van der Waals surface area contributed by atoms with Crippen LogP contribution in [0.15, 0.2) is 40.9 Å². The molecule has 2 N–H and O–H groups in total. The molecular weight excluding hydrogens is 350 g/mol. The van der Waals surface area contributed by atoms with Crippen molar-refractivity contribution in [3.05, 3.63) is 51.7 Å². The van der Waals surface area contributed by atoms with E-state index in [2.05, 4.69) is 34.3 Å². The standard InChI is InChI=1S/C16H15BrClN3/c1-9(2)16-20-13-8-11(19)4-6-15(13)21(16)14-5-3-10(18)7-12(14)17/h3-9H,19H2,1-2H3. The Hall–Kier alpha value is -1.52. The monoisotopic (exact) mass is 363 g/mol. The molecule has 0 unspecified atom stereocenters. The van der Waals surface area contributed by atoms with Gasteiger partial charge < -0.3 is 5.73 Å². The van der Waals surface area contributed by atoms with E-state index in [4.69, 9.17) is 22.3 Å². The van der Waals surface area contributed by atoms with Gasteiger partial charge in [-0.05, 0) is 52.3 Å². The average molecular weight is 365 g/mol. The normalized spacial score (nSPS) is 11.5. The zero-order valence-corrected chi connectivity index (χ0v) is 14.1. The molecule has 0 radical (unpaired) electrons. The van der Waals surface area contributed by atoms with Crippen LogP contribution in [-0.2, 0) is 0 Å². The molecule has 3 aromatic rings. The van der Waals surface area contributed by atoms with Gasteiger partial charge >= 0.3 is 0 Å². The molecule has 0 spiro atoms. The maximum Gasteiger partial charge on any atom is 0.117 e. The third-order valence-corrected chi connectivity index (χ3v) is 4.24. The lowest BCUT2D eigenvalue weighted by atomic mass is 10.2. The van der Waals surface area contributed by atoms with Gasteiger partial charge in [-0.1, -0.05) is 25.4 Å². The molecule has 0 amide bonds. The maximum atomic E-state index is 6.05. The van der Waals surface area contributed by atoms with Crippen LogP contribution in [0.1, 0.15) is 25.6 Å². The SMILES string of the molecule is CC(C)c1nc2cc(N)ccc2n1-c1ccc(Cl)cc1Br. The molecule has 2 aromatic carbocycles. The predicted molar refractivity (Wildman–Crippen MR) is 92.3 cm³/mol. The van der Waals surface area contributed by atoms with E-state index in [-0.39, 0.29) is 0 Å². The number of nitrogens with zero attached hydrogens (tertiary/aromatic N) is 2. The number of imidazole rings is 1. The molecule has 0 aliphatic rings. The second-order valence-electron chi connectivity index (χ2n) is 5.30. The summed E-state index contributed by atoms with van der Waals surface area (Å²) in [5.74, 6) is 1.29. The summed E-state index contributed by atoms with van der Waals surface area (Å²) in [5, 5.41) is 0.699. The fourth-order valence-corrected chi connectivity index (χ4v) is 3.28. The highest BCUT2D eigenvalue weighted by molar-refractivity contribution is 9.10. The number of benzene rings is 2. The van der Waals surface area contributed by atoms with Gasteiger partial charge in [-0.25, -0.2) is 4.98 Å². The van der Waals surface area contributed by atoms with Crippen molar-refractivity contribution in [2.45, 2.75) is 19.8 Å². The van der Waals surface area contributed by atoms with Gasteiger partial charge in [0.05, 0.1) is 16.7 Å². The number of rotatable bonds is 2. The topological polar surface area (TPSA) is 43.8 Å². The van der Waals surface area contributed by atoms with Gasteiger partial charge in [-0.2, -0.15) is 0 Å². The Labute approximate surface area is 136 Å². The Morgan fingerprint density at radius 1 is 1.19 bits per heavy atom. The van der Waals surface area contributed by atoms with Crippen LogP contribution >= 0.6 is 27.5 Å². The van der Waals surface area contributed by atoms with Crippen molar-refractivity contribution in [3.8, 4) is 5.69 Å². The average Bonchev–Trinajstić information content (AvgIpc) is 2.77. The van der Waals surface area contributed by atoms with Crippen LogP contribution in [0, 0.1) is 0 Å². The minimum Gasteiger partial charge on any atom is -0.399 e. The number of nitrogen functional groups attached to an aromatic ring is 1. The van der Waals surface area contributed by atoms with Gasteiger partial charge in [0, 0.05) is 21.1 Å². The summed E-state index contributed by atoms with van der Waals surface area (Å²) in [4.78, 5) is 4.74. The van der Waals surface area contributed by atoms with Crippen molar-refractivity contribution in [1.82, 2.24) is 9.55 Å². The first-order valence-corrected chi connectivity index (χ1v) is 7.88. The summed E-state index contributed by atoms with van der Waals surface area (Å²) in [7, 11) is 0.